The fourth-order valence-corrected chi connectivity index (χ4v) is 4.50. The molecule has 0 aromatic heterocycles. The van der Waals surface area contributed by atoms with E-state index in [2.05, 4.69) is 0 Å². The lowest BCUT2D eigenvalue weighted by Crippen LogP contribution is -2.61. The van der Waals surface area contributed by atoms with Crippen molar-refractivity contribution in [1.82, 2.24) is 0 Å². The highest BCUT2D eigenvalue weighted by Crippen LogP contribution is 2.57. The van der Waals surface area contributed by atoms with Gasteiger partial charge >= 0.3 is 5.97 Å². The summed E-state index contributed by atoms with van der Waals surface area (Å²) < 4.78 is 22.2. The number of ether oxygens (including phenoxy) is 4. The number of hydrogen-bond acceptors (Lipinski definition) is 15. The number of phenolic OH excluding ortho intramolecular Hbond substituents is 8. The van der Waals surface area contributed by atoms with Crippen molar-refractivity contribution < 1.29 is 74.8 Å². The minimum atomic E-state index is -1.91. The monoisotopic (exact) mass is 588 g/mol. The molecule has 0 spiro atoms. The maximum atomic E-state index is 12.5. The van der Waals surface area contributed by atoms with E-state index in [1.54, 1.807) is 0 Å². The van der Waals surface area contributed by atoms with E-state index in [-0.39, 0.29) is 11.5 Å². The molecule has 42 heavy (non-hydrogen) atoms. The lowest BCUT2D eigenvalue weighted by atomic mass is 9.98. The van der Waals surface area contributed by atoms with Crippen molar-refractivity contribution in [3.63, 3.8) is 0 Å². The molecule has 10 N–H and O–H groups in total. The number of carbonyl (C=O) groups is 1. The van der Waals surface area contributed by atoms with Crippen LogP contribution in [0.3, 0.4) is 0 Å². The molecule has 1 saturated heterocycles. The summed E-state index contributed by atoms with van der Waals surface area (Å²) in [4.78, 5) is 12.5. The number of esters is 1. The number of aromatic hydroxyl groups is 8. The van der Waals surface area contributed by atoms with Gasteiger partial charge in [-0.25, -0.2) is 4.79 Å². The molecule has 15 nitrogen and oxygen atoms in total. The summed E-state index contributed by atoms with van der Waals surface area (Å²) in [5.74, 6) is -8.45. The first kappa shape index (κ1) is 28.3. The third-order valence-corrected chi connectivity index (χ3v) is 6.64. The molecule has 3 aromatic rings. The molecule has 15 heteroatoms. The van der Waals surface area contributed by atoms with E-state index in [1.807, 2.05) is 0 Å². The quantitative estimate of drug-likeness (QED) is 0.116. The van der Waals surface area contributed by atoms with Crippen LogP contribution in [0.5, 0.6) is 57.5 Å². The fourth-order valence-electron chi connectivity index (χ4n) is 4.50. The molecule has 3 aromatic carbocycles. The second-order valence-electron chi connectivity index (χ2n) is 9.37. The predicted octanol–water partition coefficient (Wildman–Crippen LogP) is 0.842. The van der Waals surface area contributed by atoms with Crippen LogP contribution in [0.15, 0.2) is 36.4 Å². The third-order valence-electron chi connectivity index (χ3n) is 6.64. The zero-order chi connectivity index (χ0) is 30.5. The van der Waals surface area contributed by atoms with Crippen molar-refractivity contribution in [2.45, 2.75) is 30.7 Å². The first-order valence-corrected chi connectivity index (χ1v) is 12.1. The topological polar surface area (TPSA) is 256 Å². The molecule has 2 aliphatic rings. The van der Waals surface area contributed by atoms with E-state index >= 15 is 0 Å². The standard InChI is InChI=1S/C27H24O15/c28-10-3-1-9(5-11(10)29)2-4-17(32)42-27-25(38)24(37)26-16(41-27)8-39-14-6-12(30)20(33)22(35)18(14)19-15(40-26)7-13(31)21(34)23(19)36/h1-7,16,24-31,33-38H,8H2/b4-2+/t16-,24-,25-,26-,27+/m1/s1. The molecule has 5 atom stereocenters. The zero-order valence-electron chi connectivity index (χ0n) is 21.1. The molecular formula is C27H24O15. The smallest absolute Gasteiger partial charge is 0.333 e. The number of carbonyl (C=O) groups excluding carboxylic acids is 1. The minimum absolute atomic E-state index is 0.318. The first-order chi connectivity index (χ1) is 19.9. The van der Waals surface area contributed by atoms with Crippen molar-refractivity contribution in [3.05, 3.63) is 42.0 Å². The summed E-state index contributed by atoms with van der Waals surface area (Å²) in [7, 11) is 0. The number of benzene rings is 3. The second-order valence-corrected chi connectivity index (χ2v) is 9.37. The lowest BCUT2D eigenvalue weighted by molar-refractivity contribution is -0.285. The SMILES string of the molecule is O=C(/C=C/c1ccc(O)c(O)c1)O[C@@H]1O[C@@H]2COc3cc(O)c(O)c(O)c3-c3c(cc(O)c(O)c3O)O[C@H]2[C@H](O)[C@H]1O. The number of aliphatic hydroxyl groups is 2. The number of hydrogen-bond donors (Lipinski definition) is 10. The van der Waals surface area contributed by atoms with E-state index in [4.69, 9.17) is 18.9 Å². The van der Waals surface area contributed by atoms with Crippen LogP contribution in [-0.4, -0.2) is 94.3 Å². The van der Waals surface area contributed by atoms with E-state index in [9.17, 15) is 55.9 Å². The number of phenols is 8. The van der Waals surface area contributed by atoms with Crippen molar-refractivity contribution in [3.8, 4) is 68.6 Å². The Kier molecular flexibility index (Phi) is 7.15. The van der Waals surface area contributed by atoms with Gasteiger partial charge in [-0.2, -0.15) is 0 Å². The normalized spacial score (nSPS) is 23.2. The summed E-state index contributed by atoms with van der Waals surface area (Å²) >= 11 is 0. The van der Waals surface area contributed by atoms with Crippen LogP contribution < -0.4 is 9.47 Å². The zero-order valence-corrected chi connectivity index (χ0v) is 21.1. The van der Waals surface area contributed by atoms with Crippen molar-refractivity contribution >= 4 is 12.0 Å². The predicted molar refractivity (Wildman–Crippen MR) is 137 cm³/mol. The van der Waals surface area contributed by atoms with Gasteiger partial charge in [0.25, 0.3) is 0 Å². The molecule has 0 unspecified atom stereocenters. The van der Waals surface area contributed by atoms with Crippen molar-refractivity contribution in [2.24, 2.45) is 0 Å². The molecule has 0 saturated carbocycles. The summed E-state index contributed by atoms with van der Waals surface area (Å²) in [5.41, 5.74) is -0.678. The van der Waals surface area contributed by atoms with Crippen LogP contribution in [0.4, 0.5) is 0 Å². The molecular weight excluding hydrogens is 564 g/mol. The van der Waals surface area contributed by atoms with Gasteiger partial charge in [0.2, 0.25) is 17.8 Å². The van der Waals surface area contributed by atoms with Gasteiger partial charge in [0.1, 0.15) is 36.4 Å². The second kappa shape index (κ2) is 10.6. The Hall–Kier alpha value is -5.25. The molecule has 0 bridgehead atoms. The summed E-state index contributed by atoms with van der Waals surface area (Å²) in [6.45, 7) is -0.547. The summed E-state index contributed by atoms with van der Waals surface area (Å²) in [5, 5.41) is 102. The summed E-state index contributed by atoms with van der Waals surface area (Å²) in [6.07, 6.45) is -6.26. The molecule has 5 rings (SSSR count). The first-order valence-electron chi connectivity index (χ1n) is 12.1. The third kappa shape index (κ3) is 4.91. The van der Waals surface area contributed by atoms with Crippen LogP contribution in [0.1, 0.15) is 5.56 Å². The average Bonchev–Trinajstić information content (AvgIpc) is 3.01. The van der Waals surface area contributed by atoms with Crippen LogP contribution in [-0.2, 0) is 14.3 Å². The molecule has 0 radical (unpaired) electrons. The van der Waals surface area contributed by atoms with E-state index < -0.39 is 100 Å². The fraction of sp³-hybridized carbons (Fsp3) is 0.222. The molecule has 2 aliphatic heterocycles. The van der Waals surface area contributed by atoms with Crippen LogP contribution in [0.2, 0.25) is 0 Å². The Labute approximate surface area is 235 Å². The Bertz CT molecular complexity index is 1580. The Morgan fingerprint density at radius 1 is 0.762 bits per heavy atom. The van der Waals surface area contributed by atoms with E-state index in [0.29, 0.717) is 5.56 Å². The Balaban J connectivity index is 1.47. The number of aliphatic hydroxyl groups excluding tert-OH is 2. The molecule has 1 fully saturated rings. The van der Waals surface area contributed by atoms with Gasteiger partial charge in [-0.05, 0) is 23.8 Å². The van der Waals surface area contributed by atoms with Gasteiger partial charge in [-0.1, -0.05) is 6.07 Å². The van der Waals surface area contributed by atoms with Gasteiger partial charge in [-0.3, -0.25) is 0 Å². The molecule has 2 heterocycles. The largest absolute Gasteiger partial charge is 0.504 e. The molecule has 222 valence electrons. The number of fused-ring (bicyclic) bond motifs is 4. The van der Waals surface area contributed by atoms with Gasteiger partial charge in [-0.15, -0.1) is 0 Å². The average molecular weight is 588 g/mol. The van der Waals surface area contributed by atoms with Crippen LogP contribution in [0.25, 0.3) is 17.2 Å². The highest BCUT2D eigenvalue weighted by molar-refractivity contribution is 5.90. The van der Waals surface area contributed by atoms with Gasteiger partial charge in [0, 0.05) is 18.2 Å². The Morgan fingerprint density at radius 2 is 1.38 bits per heavy atom. The van der Waals surface area contributed by atoms with Crippen molar-refractivity contribution in [2.75, 3.05) is 6.61 Å². The van der Waals surface area contributed by atoms with Crippen molar-refractivity contribution in [1.29, 1.82) is 0 Å². The summed E-state index contributed by atoms with van der Waals surface area (Å²) in [6, 6.07) is 5.45. The lowest BCUT2D eigenvalue weighted by Gasteiger charge is -2.41. The highest BCUT2D eigenvalue weighted by Gasteiger charge is 2.49. The van der Waals surface area contributed by atoms with Gasteiger partial charge in [0.15, 0.2) is 40.6 Å². The minimum Gasteiger partial charge on any atom is -0.504 e. The maximum absolute atomic E-state index is 12.5. The molecule has 0 amide bonds. The van der Waals surface area contributed by atoms with Crippen LogP contribution in [0, 0.1) is 0 Å². The maximum Gasteiger partial charge on any atom is 0.333 e. The highest BCUT2D eigenvalue weighted by atomic mass is 16.7. The number of rotatable bonds is 3. The van der Waals surface area contributed by atoms with Gasteiger partial charge in [0.05, 0.1) is 11.1 Å². The van der Waals surface area contributed by atoms with Crippen LogP contribution >= 0.6 is 0 Å². The molecule has 0 aliphatic carbocycles. The van der Waals surface area contributed by atoms with E-state index in [0.717, 1.165) is 18.2 Å². The van der Waals surface area contributed by atoms with E-state index in [1.165, 1.54) is 24.3 Å². The van der Waals surface area contributed by atoms with Gasteiger partial charge < -0.3 is 70.0 Å². The Morgan fingerprint density at radius 3 is 2.02 bits per heavy atom.